The average Bonchev–Trinajstić information content (AvgIpc) is 3.16. The van der Waals surface area contributed by atoms with Crippen molar-refractivity contribution in [3.63, 3.8) is 0 Å². The van der Waals surface area contributed by atoms with E-state index in [4.69, 9.17) is 33.0 Å². The second-order valence-electron chi connectivity index (χ2n) is 6.87. The molecule has 0 bridgehead atoms. The van der Waals surface area contributed by atoms with Crippen molar-refractivity contribution in [1.29, 1.82) is 0 Å². The van der Waals surface area contributed by atoms with Crippen molar-refractivity contribution in [1.82, 2.24) is 5.01 Å². The molecule has 0 saturated heterocycles. The van der Waals surface area contributed by atoms with Gasteiger partial charge < -0.3 is 9.84 Å². The zero-order valence-electron chi connectivity index (χ0n) is 14.7. The van der Waals surface area contributed by atoms with E-state index in [9.17, 15) is 5.11 Å². The Morgan fingerprint density at radius 1 is 0.929 bits per heavy atom. The largest absolute Gasteiger partial charge is 0.507 e. The van der Waals surface area contributed by atoms with Crippen LogP contribution in [-0.2, 0) is 0 Å². The normalized spacial score (nSPS) is 20.2. The van der Waals surface area contributed by atoms with Crippen LogP contribution >= 0.6 is 23.2 Å². The van der Waals surface area contributed by atoms with E-state index in [1.807, 2.05) is 47.5 Å². The lowest BCUT2D eigenvalue weighted by molar-refractivity contribution is -0.0203. The summed E-state index contributed by atoms with van der Waals surface area (Å²) in [4.78, 5) is 0. The first-order valence-corrected chi connectivity index (χ1v) is 9.71. The molecule has 2 aliphatic rings. The quantitative estimate of drug-likeness (QED) is 0.568. The maximum atomic E-state index is 10.4. The molecular weight excluding hydrogens is 395 g/mol. The molecular formula is C22H16Cl2N2O2. The van der Waals surface area contributed by atoms with Gasteiger partial charge in [0.1, 0.15) is 11.5 Å². The lowest BCUT2D eigenvalue weighted by Crippen LogP contribution is -2.33. The maximum Gasteiger partial charge on any atom is 0.217 e. The van der Waals surface area contributed by atoms with E-state index >= 15 is 0 Å². The summed E-state index contributed by atoms with van der Waals surface area (Å²) in [5.74, 6) is 0.855. The van der Waals surface area contributed by atoms with Crippen molar-refractivity contribution in [2.45, 2.75) is 18.7 Å². The van der Waals surface area contributed by atoms with Gasteiger partial charge in [-0.25, -0.2) is 5.01 Å². The van der Waals surface area contributed by atoms with Gasteiger partial charge in [0.2, 0.25) is 6.23 Å². The third kappa shape index (κ3) is 2.89. The van der Waals surface area contributed by atoms with Crippen LogP contribution in [0.25, 0.3) is 0 Å². The summed E-state index contributed by atoms with van der Waals surface area (Å²) in [5.41, 5.74) is 3.60. The second-order valence-corrected chi connectivity index (χ2v) is 7.74. The minimum absolute atomic E-state index is 0.0407. The summed E-state index contributed by atoms with van der Waals surface area (Å²) in [6.07, 6.45) is 0.136. The smallest absolute Gasteiger partial charge is 0.217 e. The number of aromatic hydroxyl groups is 1. The first-order chi connectivity index (χ1) is 13.6. The Kier molecular flexibility index (Phi) is 4.18. The fraction of sp³-hybridized carbons (Fsp3) is 0.136. The predicted molar refractivity (Wildman–Crippen MR) is 110 cm³/mol. The van der Waals surface area contributed by atoms with E-state index in [1.165, 1.54) is 0 Å². The number of phenolic OH excluding ortho intramolecular Hbond substituents is 1. The molecule has 6 heteroatoms. The number of benzene rings is 3. The van der Waals surface area contributed by atoms with Crippen LogP contribution in [0.2, 0.25) is 10.0 Å². The molecule has 0 fully saturated rings. The summed E-state index contributed by atoms with van der Waals surface area (Å²) in [5, 5.41) is 18.4. The molecule has 28 heavy (non-hydrogen) atoms. The third-order valence-corrected chi connectivity index (χ3v) is 5.58. The van der Waals surface area contributed by atoms with Crippen LogP contribution in [0, 0.1) is 0 Å². The van der Waals surface area contributed by atoms with Crippen molar-refractivity contribution in [2.24, 2.45) is 5.10 Å². The van der Waals surface area contributed by atoms with Crippen molar-refractivity contribution < 1.29 is 9.84 Å². The summed E-state index contributed by atoms with van der Waals surface area (Å²) < 4.78 is 6.25. The zero-order valence-corrected chi connectivity index (χ0v) is 16.2. The molecule has 0 spiro atoms. The average molecular weight is 411 g/mol. The maximum absolute atomic E-state index is 10.4. The van der Waals surface area contributed by atoms with Crippen molar-refractivity contribution >= 4 is 28.9 Å². The van der Waals surface area contributed by atoms with Gasteiger partial charge in [0.15, 0.2) is 0 Å². The summed E-state index contributed by atoms with van der Waals surface area (Å²) in [7, 11) is 0. The zero-order chi connectivity index (χ0) is 19.3. The number of hydrogen-bond donors (Lipinski definition) is 1. The number of hydrogen-bond acceptors (Lipinski definition) is 4. The van der Waals surface area contributed by atoms with Crippen LogP contribution in [0.15, 0.2) is 71.8 Å². The van der Waals surface area contributed by atoms with Crippen LogP contribution in [0.3, 0.4) is 0 Å². The van der Waals surface area contributed by atoms with Crippen molar-refractivity contribution in [3.05, 3.63) is 93.5 Å². The standard InChI is InChI=1S/C22H16Cl2N2O2/c23-14-6-8-20(27)17(11-14)22-26-19(16-10-15(24)7-9-21(16)28-22)12-18(25-26)13-4-2-1-3-5-13/h1-11,19,22,27H,12H2/t19-,22+/m0/s1. The number of nitrogens with zero attached hydrogens (tertiary/aromatic N) is 2. The van der Waals surface area contributed by atoms with Gasteiger partial charge in [-0.1, -0.05) is 53.5 Å². The van der Waals surface area contributed by atoms with Gasteiger partial charge in [0.25, 0.3) is 0 Å². The first-order valence-electron chi connectivity index (χ1n) is 8.96. The number of rotatable bonds is 2. The molecule has 4 nitrogen and oxygen atoms in total. The Morgan fingerprint density at radius 3 is 2.43 bits per heavy atom. The second kappa shape index (κ2) is 6.73. The van der Waals surface area contributed by atoms with Gasteiger partial charge in [-0.2, -0.15) is 5.10 Å². The number of ether oxygens (including phenoxy) is 1. The molecule has 2 aliphatic heterocycles. The Bertz CT molecular complexity index is 1090. The highest BCUT2D eigenvalue weighted by atomic mass is 35.5. The monoisotopic (exact) mass is 410 g/mol. The van der Waals surface area contributed by atoms with Gasteiger partial charge in [-0.05, 0) is 42.0 Å². The van der Waals surface area contributed by atoms with E-state index < -0.39 is 6.23 Å². The highest BCUT2D eigenvalue weighted by Crippen LogP contribution is 2.49. The fourth-order valence-electron chi connectivity index (χ4n) is 3.79. The lowest BCUT2D eigenvalue weighted by Gasteiger charge is -2.38. The summed E-state index contributed by atoms with van der Waals surface area (Å²) in [6.45, 7) is 0. The van der Waals surface area contributed by atoms with E-state index in [0.29, 0.717) is 15.6 Å². The first kappa shape index (κ1) is 17.4. The topological polar surface area (TPSA) is 45.1 Å². The summed E-state index contributed by atoms with van der Waals surface area (Å²) >= 11 is 12.4. The highest BCUT2D eigenvalue weighted by Gasteiger charge is 2.42. The number of hydrazone groups is 1. The SMILES string of the molecule is Oc1ccc(Cl)cc1[C@H]1Oc2ccc(Cl)cc2[C@@H]2CC(c3ccccc3)=NN12. The molecule has 140 valence electrons. The van der Waals surface area contributed by atoms with E-state index in [2.05, 4.69) is 0 Å². The molecule has 0 aromatic heterocycles. The minimum atomic E-state index is -0.585. The van der Waals surface area contributed by atoms with Crippen LogP contribution < -0.4 is 4.74 Å². The van der Waals surface area contributed by atoms with E-state index in [-0.39, 0.29) is 11.8 Å². The molecule has 1 N–H and O–H groups in total. The van der Waals surface area contributed by atoms with Crippen LogP contribution in [0.5, 0.6) is 11.5 Å². The van der Waals surface area contributed by atoms with Crippen molar-refractivity contribution in [3.8, 4) is 11.5 Å². The Morgan fingerprint density at radius 2 is 1.64 bits per heavy atom. The molecule has 0 radical (unpaired) electrons. The Labute approximate surface area is 172 Å². The van der Waals surface area contributed by atoms with Crippen LogP contribution in [0.4, 0.5) is 0 Å². The Balaban J connectivity index is 1.64. The van der Waals surface area contributed by atoms with E-state index in [1.54, 1.807) is 24.3 Å². The van der Waals surface area contributed by atoms with Crippen LogP contribution in [0.1, 0.15) is 35.4 Å². The van der Waals surface area contributed by atoms with E-state index in [0.717, 1.165) is 29.0 Å². The van der Waals surface area contributed by atoms with Crippen LogP contribution in [-0.4, -0.2) is 15.8 Å². The molecule has 0 amide bonds. The van der Waals surface area contributed by atoms with Gasteiger partial charge >= 0.3 is 0 Å². The third-order valence-electron chi connectivity index (χ3n) is 5.11. The van der Waals surface area contributed by atoms with Crippen molar-refractivity contribution in [2.75, 3.05) is 0 Å². The molecule has 0 saturated carbocycles. The minimum Gasteiger partial charge on any atom is -0.507 e. The number of phenols is 1. The summed E-state index contributed by atoms with van der Waals surface area (Å²) in [6, 6.07) is 20.6. The molecule has 0 aliphatic carbocycles. The number of fused-ring (bicyclic) bond motifs is 3. The van der Waals surface area contributed by atoms with Gasteiger partial charge in [0.05, 0.1) is 17.3 Å². The highest BCUT2D eigenvalue weighted by molar-refractivity contribution is 6.31. The molecule has 3 aromatic rings. The predicted octanol–water partition coefficient (Wildman–Crippen LogP) is 5.94. The molecule has 3 aromatic carbocycles. The number of halogens is 2. The van der Waals surface area contributed by atoms with Gasteiger partial charge in [-0.15, -0.1) is 0 Å². The lowest BCUT2D eigenvalue weighted by atomic mass is 9.96. The molecule has 2 heterocycles. The van der Waals surface area contributed by atoms with Gasteiger partial charge in [0, 0.05) is 22.0 Å². The molecule has 5 rings (SSSR count). The fourth-order valence-corrected chi connectivity index (χ4v) is 4.15. The Hall–Kier alpha value is -2.69. The molecule has 2 atom stereocenters. The molecule has 0 unspecified atom stereocenters. The van der Waals surface area contributed by atoms with Gasteiger partial charge in [-0.3, -0.25) is 0 Å².